The van der Waals surface area contributed by atoms with Crippen molar-refractivity contribution in [1.29, 1.82) is 0 Å². The fraction of sp³-hybridized carbons (Fsp3) is 0.286. The summed E-state index contributed by atoms with van der Waals surface area (Å²) in [6.45, 7) is 0.300. The number of Topliss-reactive ketones (excluding diaryl/α,β-unsaturated/α-hetero) is 1. The van der Waals surface area contributed by atoms with Crippen molar-refractivity contribution < 1.29 is 28.9 Å². The first-order chi connectivity index (χ1) is 15.8. The van der Waals surface area contributed by atoms with E-state index in [0.29, 0.717) is 17.9 Å². The quantitative estimate of drug-likeness (QED) is 0.395. The molecule has 1 amide bonds. The van der Waals surface area contributed by atoms with Crippen LogP contribution in [0.3, 0.4) is 0 Å². The SMILES string of the molecule is O=C(N/N=C1/[C@@H]2OC[C@@H](O2)[C@H]2[C@H](C(=O)c3ccccc3)[C@@H]12)c1cc([N+](=O)[O-])cc([N+](=O)[O-])c1. The molecule has 1 saturated carbocycles. The highest BCUT2D eigenvalue weighted by molar-refractivity contribution is 6.07. The van der Waals surface area contributed by atoms with Crippen molar-refractivity contribution in [2.24, 2.45) is 22.9 Å². The fourth-order valence-corrected chi connectivity index (χ4v) is 4.49. The van der Waals surface area contributed by atoms with E-state index >= 15 is 0 Å². The molecule has 2 aromatic rings. The molecule has 5 atom stereocenters. The Morgan fingerprint density at radius 3 is 2.30 bits per heavy atom. The van der Waals surface area contributed by atoms with Crippen LogP contribution < -0.4 is 5.43 Å². The molecule has 2 saturated heterocycles. The lowest BCUT2D eigenvalue weighted by Crippen LogP contribution is -2.33. The lowest BCUT2D eigenvalue weighted by molar-refractivity contribution is -0.394. The van der Waals surface area contributed by atoms with Crippen LogP contribution in [0.15, 0.2) is 53.6 Å². The number of hydrazone groups is 1. The van der Waals surface area contributed by atoms with Gasteiger partial charge in [-0.1, -0.05) is 30.3 Å². The number of rotatable bonds is 6. The Labute approximate surface area is 185 Å². The number of carbonyl (C=O) groups is 2. The molecule has 0 radical (unpaired) electrons. The highest BCUT2D eigenvalue weighted by Gasteiger charge is 2.67. The third-order valence-electron chi connectivity index (χ3n) is 6.03. The van der Waals surface area contributed by atoms with Gasteiger partial charge >= 0.3 is 0 Å². The smallest absolute Gasteiger partial charge is 0.277 e. The molecule has 5 rings (SSSR count). The van der Waals surface area contributed by atoms with E-state index in [0.717, 1.165) is 18.2 Å². The minimum Gasteiger partial charge on any atom is -0.344 e. The highest BCUT2D eigenvalue weighted by Crippen LogP contribution is 2.57. The van der Waals surface area contributed by atoms with E-state index in [-0.39, 0.29) is 35.2 Å². The fourth-order valence-electron chi connectivity index (χ4n) is 4.49. The number of ether oxygens (including phenoxy) is 2. The Morgan fingerprint density at radius 2 is 1.67 bits per heavy atom. The van der Waals surface area contributed by atoms with Gasteiger partial charge in [0.1, 0.15) is 0 Å². The number of nitro groups is 2. The van der Waals surface area contributed by atoms with Gasteiger partial charge in [-0.05, 0) is 0 Å². The van der Waals surface area contributed by atoms with Gasteiger partial charge in [0.25, 0.3) is 17.3 Å². The number of carbonyl (C=O) groups excluding carboxylic acids is 2. The maximum atomic E-state index is 13.0. The van der Waals surface area contributed by atoms with Gasteiger partial charge in [-0.15, -0.1) is 0 Å². The number of hydrogen-bond acceptors (Lipinski definition) is 9. The number of fused-ring (bicyclic) bond motifs is 4. The standard InChI is InChI=1S/C21H16N4O8/c26-19(10-4-2-1-3-5-10)17-15-14-9-32-21(33-14)18(16(15)17)22-23-20(27)11-6-12(24(28)29)8-13(7-11)25(30)31/h1-8,14-17,21H,9H2,(H,23,27)/b22-18+/t14-,15-,16+,17+,21-/m1/s1. The number of nitro benzene ring substituents is 2. The summed E-state index contributed by atoms with van der Waals surface area (Å²) in [5, 5.41) is 26.2. The topological polar surface area (TPSA) is 163 Å². The molecule has 2 heterocycles. The minimum atomic E-state index is -0.877. The first-order valence-electron chi connectivity index (χ1n) is 10.0. The lowest BCUT2D eigenvalue weighted by Gasteiger charge is -2.18. The van der Waals surface area contributed by atoms with Crippen LogP contribution in [0.4, 0.5) is 11.4 Å². The molecule has 0 spiro atoms. The van der Waals surface area contributed by atoms with Gasteiger partial charge in [-0.25, -0.2) is 5.43 Å². The summed E-state index contributed by atoms with van der Waals surface area (Å²) in [5.74, 6) is -1.69. The van der Waals surface area contributed by atoms with Crippen LogP contribution >= 0.6 is 0 Å². The molecular formula is C21H16N4O8. The predicted molar refractivity (Wildman–Crippen MR) is 111 cm³/mol. The molecule has 3 aliphatic rings. The Kier molecular flexibility index (Phi) is 4.95. The van der Waals surface area contributed by atoms with Gasteiger partial charge in [-0.3, -0.25) is 29.8 Å². The van der Waals surface area contributed by atoms with E-state index in [2.05, 4.69) is 10.5 Å². The number of benzene rings is 2. The van der Waals surface area contributed by atoms with Crippen LogP contribution in [0.5, 0.6) is 0 Å². The van der Waals surface area contributed by atoms with Crippen LogP contribution in [-0.2, 0) is 9.47 Å². The third kappa shape index (κ3) is 3.64. The Hall–Kier alpha value is -4.03. The maximum absolute atomic E-state index is 13.0. The molecule has 2 aliphatic heterocycles. The highest BCUT2D eigenvalue weighted by atomic mass is 16.7. The van der Waals surface area contributed by atoms with Crippen molar-refractivity contribution in [3.05, 3.63) is 79.9 Å². The summed E-state index contributed by atoms with van der Waals surface area (Å²) in [7, 11) is 0. The molecule has 0 aromatic heterocycles. The number of ketones is 1. The summed E-state index contributed by atoms with van der Waals surface area (Å²) in [5.41, 5.74) is 1.69. The first kappa shape index (κ1) is 20.8. The molecule has 1 N–H and O–H groups in total. The van der Waals surface area contributed by atoms with Crippen molar-refractivity contribution in [3.63, 3.8) is 0 Å². The summed E-state index contributed by atoms with van der Waals surface area (Å²) >= 11 is 0. The molecule has 1 aliphatic carbocycles. The van der Waals surface area contributed by atoms with E-state index in [1.54, 1.807) is 24.3 Å². The zero-order valence-corrected chi connectivity index (χ0v) is 16.8. The zero-order valence-electron chi connectivity index (χ0n) is 16.8. The molecular weight excluding hydrogens is 436 g/mol. The van der Waals surface area contributed by atoms with Gasteiger partial charge in [0.15, 0.2) is 12.1 Å². The molecule has 12 heteroatoms. The lowest BCUT2D eigenvalue weighted by atomic mass is 10.0. The van der Waals surface area contributed by atoms with Crippen LogP contribution in [0, 0.1) is 38.0 Å². The van der Waals surface area contributed by atoms with Crippen molar-refractivity contribution in [1.82, 2.24) is 5.43 Å². The molecule has 12 nitrogen and oxygen atoms in total. The zero-order chi connectivity index (χ0) is 23.3. The average Bonchev–Trinajstić information content (AvgIpc) is 3.42. The van der Waals surface area contributed by atoms with Crippen LogP contribution in [-0.4, -0.2) is 46.2 Å². The van der Waals surface area contributed by atoms with Crippen molar-refractivity contribution >= 4 is 28.8 Å². The molecule has 0 unspecified atom stereocenters. The van der Waals surface area contributed by atoms with E-state index in [1.165, 1.54) is 0 Å². The van der Waals surface area contributed by atoms with Gasteiger partial charge in [0.05, 0.1) is 39.9 Å². The number of non-ortho nitro benzene ring substituents is 2. The van der Waals surface area contributed by atoms with Crippen LogP contribution in [0.1, 0.15) is 20.7 Å². The van der Waals surface area contributed by atoms with Crippen LogP contribution in [0.2, 0.25) is 0 Å². The second-order valence-corrected chi connectivity index (χ2v) is 7.93. The first-order valence-corrected chi connectivity index (χ1v) is 10.0. The molecule has 3 fully saturated rings. The van der Waals surface area contributed by atoms with Gasteiger partial charge < -0.3 is 9.47 Å². The second-order valence-electron chi connectivity index (χ2n) is 7.93. The van der Waals surface area contributed by atoms with Crippen molar-refractivity contribution in [3.8, 4) is 0 Å². The Balaban J connectivity index is 1.39. The summed E-state index contributed by atoms with van der Waals surface area (Å²) in [6.07, 6.45) is -1.06. The van der Waals surface area contributed by atoms with Crippen molar-refractivity contribution in [2.45, 2.75) is 12.4 Å². The molecule has 33 heavy (non-hydrogen) atoms. The Morgan fingerprint density at radius 1 is 1.00 bits per heavy atom. The van der Waals surface area contributed by atoms with E-state index in [4.69, 9.17) is 9.47 Å². The van der Waals surface area contributed by atoms with E-state index in [1.807, 2.05) is 6.07 Å². The van der Waals surface area contributed by atoms with Crippen molar-refractivity contribution in [2.75, 3.05) is 6.61 Å². The van der Waals surface area contributed by atoms with E-state index < -0.39 is 33.4 Å². The molecule has 168 valence electrons. The largest absolute Gasteiger partial charge is 0.344 e. The monoisotopic (exact) mass is 452 g/mol. The number of nitrogens with zero attached hydrogens (tertiary/aromatic N) is 3. The number of nitrogens with one attached hydrogen (secondary N) is 1. The Bertz CT molecular complexity index is 1180. The normalized spacial score (nSPS) is 28.1. The number of amides is 1. The molecule has 2 bridgehead atoms. The van der Waals surface area contributed by atoms with E-state index in [9.17, 15) is 29.8 Å². The van der Waals surface area contributed by atoms with Gasteiger partial charge in [0, 0.05) is 35.4 Å². The predicted octanol–water partition coefficient (Wildman–Crippen LogP) is 2.09. The maximum Gasteiger partial charge on any atom is 0.277 e. The summed E-state index contributed by atoms with van der Waals surface area (Å²) in [4.78, 5) is 46.1. The summed E-state index contributed by atoms with van der Waals surface area (Å²) in [6, 6.07) is 11.4. The van der Waals surface area contributed by atoms with Gasteiger partial charge in [-0.2, -0.15) is 5.10 Å². The van der Waals surface area contributed by atoms with Crippen LogP contribution in [0.25, 0.3) is 0 Å². The molecule has 2 aromatic carbocycles. The third-order valence-corrected chi connectivity index (χ3v) is 6.03. The second kappa shape index (κ2) is 7.83. The minimum absolute atomic E-state index is 0.0462. The van der Waals surface area contributed by atoms with Gasteiger partial charge in [0.2, 0.25) is 0 Å². The summed E-state index contributed by atoms with van der Waals surface area (Å²) < 4.78 is 11.4. The number of hydrogen-bond donors (Lipinski definition) is 1. The average molecular weight is 452 g/mol.